The van der Waals surface area contributed by atoms with Crippen molar-refractivity contribution in [3.63, 3.8) is 0 Å². The molecule has 0 aliphatic carbocycles. The lowest BCUT2D eigenvalue weighted by Crippen LogP contribution is -2.10. The quantitative estimate of drug-likeness (QED) is 0.263. The lowest BCUT2D eigenvalue weighted by molar-refractivity contribution is 0.100. The molecule has 2 aliphatic heterocycles. The third-order valence-electron chi connectivity index (χ3n) is 6.31. The van der Waals surface area contributed by atoms with Crippen LogP contribution in [0, 0.1) is 0 Å². The molecular formula is C30H20O4. The molecule has 4 aromatic carbocycles. The average Bonchev–Trinajstić information content (AvgIpc) is 2.85. The summed E-state index contributed by atoms with van der Waals surface area (Å²) in [5.74, 6) is 2.80. The largest absolute Gasteiger partial charge is 0.456 e. The first-order chi connectivity index (χ1) is 16.5. The summed E-state index contributed by atoms with van der Waals surface area (Å²) in [5, 5.41) is 0. The van der Waals surface area contributed by atoms with E-state index in [0.717, 1.165) is 44.9 Å². The third-order valence-corrected chi connectivity index (χ3v) is 6.31. The minimum absolute atomic E-state index is 0.0161. The molecule has 34 heavy (non-hydrogen) atoms. The van der Waals surface area contributed by atoms with Gasteiger partial charge in [-0.1, -0.05) is 36.4 Å². The molecule has 4 nitrogen and oxygen atoms in total. The van der Waals surface area contributed by atoms with Crippen molar-refractivity contribution < 1.29 is 19.1 Å². The molecular weight excluding hydrogens is 424 g/mol. The van der Waals surface area contributed by atoms with E-state index in [1.54, 1.807) is 26.0 Å². The maximum Gasteiger partial charge on any atom is 0.159 e. The van der Waals surface area contributed by atoms with Crippen molar-refractivity contribution in [1.29, 1.82) is 0 Å². The first-order valence-corrected chi connectivity index (χ1v) is 11.1. The van der Waals surface area contributed by atoms with Crippen LogP contribution in [0.25, 0.3) is 11.1 Å². The molecule has 0 saturated heterocycles. The first-order valence-electron chi connectivity index (χ1n) is 11.1. The molecule has 2 aliphatic rings. The summed E-state index contributed by atoms with van der Waals surface area (Å²) < 4.78 is 12.5. The summed E-state index contributed by atoms with van der Waals surface area (Å²) >= 11 is 0. The molecule has 2 heterocycles. The highest BCUT2D eigenvalue weighted by Crippen LogP contribution is 2.53. The normalized spacial score (nSPS) is 15.1. The average molecular weight is 444 g/mol. The Morgan fingerprint density at radius 1 is 0.500 bits per heavy atom. The van der Waals surface area contributed by atoms with E-state index in [2.05, 4.69) is 0 Å². The Bertz CT molecular complexity index is 1440. The van der Waals surface area contributed by atoms with Gasteiger partial charge in [0.25, 0.3) is 0 Å². The topological polar surface area (TPSA) is 52.6 Å². The summed E-state index contributed by atoms with van der Waals surface area (Å²) in [6.07, 6.45) is 0. The fraction of sp³-hybridized carbons (Fsp3) is 0.0667. The Hall–Kier alpha value is -4.44. The molecule has 0 spiro atoms. The van der Waals surface area contributed by atoms with Gasteiger partial charge in [0, 0.05) is 44.5 Å². The van der Waals surface area contributed by atoms with Crippen LogP contribution < -0.4 is 9.47 Å². The van der Waals surface area contributed by atoms with Crippen LogP contribution in [0.4, 0.5) is 0 Å². The van der Waals surface area contributed by atoms with Gasteiger partial charge in [0.2, 0.25) is 0 Å². The van der Waals surface area contributed by atoms with Crippen LogP contribution in [0.5, 0.6) is 23.0 Å². The summed E-state index contributed by atoms with van der Waals surface area (Å²) in [4.78, 5) is 24.5. The van der Waals surface area contributed by atoms with E-state index in [0.29, 0.717) is 22.6 Å². The number of Topliss-reactive ketones (excluding diaryl/α,β-unsaturated/α-hetero) is 2. The Balaban J connectivity index is 1.78. The maximum atomic E-state index is 12.3. The molecule has 0 fully saturated rings. The minimum atomic E-state index is -0.0161. The van der Waals surface area contributed by atoms with Gasteiger partial charge in [-0.15, -0.1) is 0 Å². The summed E-state index contributed by atoms with van der Waals surface area (Å²) in [7, 11) is 0. The molecule has 4 aromatic rings. The number of ketones is 2. The highest BCUT2D eigenvalue weighted by atomic mass is 16.5. The molecule has 0 N–H and O–H groups in total. The van der Waals surface area contributed by atoms with Gasteiger partial charge in [0.15, 0.2) is 11.6 Å². The van der Waals surface area contributed by atoms with Crippen molar-refractivity contribution in [2.24, 2.45) is 0 Å². The first kappa shape index (κ1) is 20.2. The predicted molar refractivity (Wildman–Crippen MR) is 131 cm³/mol. The van der Waals surface area contributed by atoms with Gasteiger partial charge in [0.05, 0.1) is 0 Å². The second kappa shape index (κ2) is 7.56. The van der Waals surface area contributed by atoms with E-state index in [1.165, 1.54) is 0 Å². The lowest BCUT2D eigenvalue weighted by atomic mass is 9.81. The fourth-order valence-corrected chi connectivity index (χ4v) is 4.66. The molecule has 0 radical (unpaired) electrons. The second-order valence-corrected chi connectivity index (χ2v) is 8.48. The van der Waals surface area contributed by atoms with E-state index < -0.39 is 0 Å². The number of ether oxygens (including phenoxy) is 2. The van der Waals surface area contributed by atoms with E-state index >= 15 is 0 Å². The Morgan fingerprint density at radius 2 is 0.882 bits per heavy atom. The Labute approximate surface area is 197 Å². The van der Waals surface area contributed by atoms with E-state index in [4.69, 9.17) is 9.47 Å². The zero-order chi connectivity index (χ0) is 23.4. The number of carbonyl (C=O) groups is 2. The molecule has 6 rings (SSSR count). The molecule has 4 heteroatoms. The van der Waals surface area contributed by atoms with Gasteiger partial charge in [-0.05, 0) is 62.4 Å². The summed E-state index contributed by atoms with van der Waals surface area (Å²) in [6.45, 7) is 3.12. The standard InChI is InChI=1S/C30H20O4/c1-17(31)19-11-13-27-23(15-19)29(21-7-3-5-9-25(21)33-27)30-22-8-4-6-10-26(22)34-28-14-12-20(18(2)32)16-24(28)30/h3-16H,1-2H3/b30-29+. The molecule has 0 bridgehead atoms. The van der Waals surface area contributed by atoms with Gasteiger partial charge >= 0.3 is 0 Å². The lowest BCUT2D eigenvalue weighted by Gasteiger charge is -2.30. The minimum Gasteiger partial charge on any atom is -0.456 e. The molecule has 0 unspecified atom stereocenters. The monoisotopic (exact) mass is 444 g/mol. The van der Waals surface area contributed by atoms with Crippen molar-refractivity contribution in [1.82, 2.24) is 0 Å². The maximum absolute atomic E-state index is 12.3. The molecule has 0 amide bonds. The van der Waals surface area contributed by atoms with Crippen LogP contribution in [0.1, 0.15) is 56.8 Å². The van der Waals surface area contributed by atoms with Crippen molar-refractivity contribution in [3.05, 3.63) is 118 Å². The van der Waals surface area contributed by atoms with Crippen molar-refractivity contribution >= 4 is 22.7 Å². The number of rotatable bonds is 2. The van der Waals surface area contributed by atoms with Gasteiger partial charge in [-0.25, -0.2) is 0 Å². The van der Waals surface area contributed by atoms with Gasteiger partial charge < -0.3 is 9.47 Å². The van der Waals surface area contributed by atoms with Gasteiger partial charge in [-0.3, -0.25) is 9.59 Å². The molecule has 0 aromatic heterocycles. The predicted octanol–water partition coefficient (Wildman–Crippen LogP) is 7.31. The second-order valence-electron chi connectivity index (χ2n) is 8.48. The van der Waals surface area contributed by atoms with Crippen LogP contribution in [-0.2, 0) is 0 Å². The Kier molecular flexibility index (Phi) is 4.49. The van der Waals surface area contributed by atoms with Crippen molar-refractivity contribution in [2.75, 3.05) is 0 Å². The van der Waals surface area contributed by atoms with Crippen LogP contribution in [-0.4, -0.2) is 11.6 Å². The zero-order valence-electron chi connectivity index (χ0n) is 18.7. The van der Waals surface area contributed by atoms with Crippen LogP contribution in [0.15, 0.2) is 84.9 Å². The highest BCUT2D eigenvalue weighted by Gasteiger charge is 2.31. The summed E-state index contributed by atoms with van der Waals surface area (Å²) in [6, 6.07) is 26.8. The van der Waals surface area contributed by atoms with Crippen LogP contribution in [0.3, 0.4) is 0 Å². The number of hydrogen-bond donors (Lipinski definition) is 0. The van der Waals surface area contributed by atoms with E-state index in [9.17, 15) is 9.59 Å². The van der Waals surface area contributed by atoms with E-state index in [-0.39, 0.29) is 11.6 Å². The van der Waals surface area contributed by atoms with E-state index in [1.807, 2.05) is 72.8 Å². The van der Waals surface area contributed by atoms with Gasteiger partial charge in [-0.2, -0.15) is 0 Å². The number of benzene rings is 4. The fourth-order valence-electron chi connectivity index (χ4n) is 4.66. The molecule has 0 saturated carbocycles. The number of hydrogen-bond acceptors (Lipinski definition) is 4. The van der Waals surface area contributed by atoms with Crippen LogP contribution in [0.2, 0.25) is 0 Å². The number of para-hydroxylation sites is 2. The Morgan fingerprint density at radius 3 is 1.29 bits per heavy atom. The summed E-state index contributed by atoms with van der Waals surface area (Å²) in [5.41, 5.74) is 6.60. The number of carbonyl (C=O) groups excluding carboxylic acids is 2. The number of fused-ring (bicyclic) bond motifs is 4. The molecule has 0 atom stereocenters. The SMILES string of the molecule is CC(=O)c1ccc2c(c1)/C(=C1\c3ccccc3Oc3ccc(C(C)=O)cc31)c1ccccc1O2. The smallest absolute Gasteiger partial charge is 0.159 e. The van der Waals surface area contributed by atoms with Crippen LogP contribution >= 0.6 is 0 Å². The zero-order valence-corrected chi connectivity index (χ0v) is 18.7. The highest BCUT2D eigenvalue weighted by molar-refractivity contribution is 6.11. The van der Waals surface area contributed by atoms with Crippen molar-refractivity contribution in [3.8, 4) is 23.0 Å². The molecule has 164 valence electrons. The van der Waals surface area contributed by atoms with Crippen molar-refractivity contribution in [2.45, 2.75) is 13.8 Å². The van der Waals surface area contributed by atoms with Gasteiger partial charge in [0.1, 0.15) is 23.0 Å². The third kappa shape index (κ3) is 3.07.